The Kier molecular flexibility index (Phi) is 4.81. The van der Waals surface area contributed by atoms with Crippen LogP contribution in [0.2, 0.25) is 0 Å². The van der Waals surface area contributed by atoms with Gasteiger partial charge in [0.15, 0.2) is 0 Å². The summed E-state index contributed by atoms with van der Waals surface area (Å²) in [6.45, 7) is 1.96. The zero-order valence-electron chi connectivity index (χ0n) is 16.7. The summed E-state index contributed by atoms with van der Waals surface area (Å²) in [4.78, 5) is 8.79. The highest BCUT2D eigenvalue weighted by atomic mass is 19.1. The van der Waals surface area contributed by atoms with Crippen LogP contribution in [0.3, 0.4) is 0 Å². The van der Waals surface area contributed by atoms with E-state index in [1.807, 2.05) is 12.3 Å². The van der Waals surface area contributed by atoms with Crippen molar-refractivity contribution in [1.82, 2.24) is 25.5 Å². The number of aromatic nitrogens is 4. The van der Waals surface area contributed by atoms with Crippen LogP contribution in [0.5, 0.6) is 0 Å². The fourth-order valence-electron chi connectivity index (χ4n) is 4.23. The highest BCUT2D eigenvalue weighted by Gasteiger charge is 2.22. The lowest BCUT2D eigenvalue weighted by Crippen LogP contribution is -2.27. The maximum absolute atomic E-state index is 14.2. The van der Waals surface area contributed by atoms with Gasteiger partial charge in [0.1, 0.15) is 11.6 Å². The standard InChI is InChI=1S/C23H20FN7/c24-20-2-1-14(9-25)16-8-21(28-11-19(16)20)17-7-15(10-29-23(17)26)18-12-30-31-22(18)13-3-5-27-6-4-13/h1-2,7-8,10-13,27H,3-6H2,(H2,26,29)(H,30,31). The number of benzene rings is 1. The van der Waals surface area contributed by atoms with Gasteiger partial charge < -0.3 is 11.1 Å². The average Bonchev–Trinajstić information content (AvgIpc) is 3.30. The van der Waals surface area contributed by atoms with Gasteiger partial charge in [-0.2, -0.15) is 10.4 Å². The summed E-state index contributed by atoms with van der Waals surface area (Å²) >= 11 is 0. The molecule has 1 saturated heterocycles. The third kappa shape index (κ3) is 3.39. The van der Waals surface area contributed by atoms with Crippen molar-refractivity contribution in [3.63, 3.8) is 0 Å². The maximum Gasteiger partial charge on any atom is 0.132 e. The van der Waals surface area contributed by atoms with Crippen molar-refractivity contribution in [2.45, 2.75) is 18.8 Å². The molecule has 7 nitrogen and oxygen atoms in total. The van der Waals surface area contributed by atoms with Crippen LogP contribution in [0.25, 0.3) is 33.2 Å². The molecule has 0 unspecified atom stereocenters. The topological polar surface area (TPSA) is 116 Å². The summed E-state index contributed by atoms with van der Waals surface area (Å²) in [6, 6.07) is 8.48. The largest absolute Gasteiger partial charge is 0.383 e. The number of nitrogens with one attached hydrogen (secondary N) is 2. The molecule has 0 amide bonds. The first-order chi connectivity index (χ1) is 15.2. The lowest BCUT2D eigenvalue weighted by Gasteiger charge is -2.22. The van der Waals surface area contributed by atoms with Crippen LogP contribution in [0.1, 0.15) is 30.0 Å². The number of hydrogen-bond acceptors (Lipinski definition) is 6. The molecule has 4 aromatic rings. The van der Waals surface area contributed by atoms with Crippen LogP contribution in [0.4, 0.5) is 10.2 Å². The van der Waals surface area contributed by atoms with Gasteiger partial charge in [-0.3, -0.25) is 10.1 Å². The minimum atomic E-state index is -0.419. The quantitative estimate of drug-likeness (QED) is 0.471. The lowest BCUT2D eigenvalue weighted by molar-refractivity contribution is 0.453. The normalized spacial score (nSPS) is 14.6. The minimum Gasteiger partial charge on any atom is -0.383 e. The molecule has 0 radical (unpaired) electrons. The molecule has 0 spiro atoms. The molecular formula is C23H20FN7. The second-order valence-corrected chi connectivity index (χ2v) is 7.70. The molecule has 0 atom stereocenters. The summed E-state index contributed by atoms with van der Waals surface area (Å²) in [7, 11) is 0. The number of halogens is 1. The van der Waals surface area contributed by atoms with E-state index in [-0.39, 0.29) is 0 Å². The second kappa shape index (κ2) is 7.78. The van der Waals surface area contributed by atoms with E-state index >= 15 is 0 Å². The SMILES string of the molecule is N#Cc1ccc(F)c2cnc(-c3cc(-c4cn[nH]c4C4CCNCC4)cnc3N)cc12. The van der Waals surface area contributed by atoms with Crippen LogP contribution in [0, 0.1) is 17.1 Å². The third-order valence-electron chi connectivity index (χ3n) is 5.89. The van der Waals surface area contributed by atoms with Crippen LogP contribution >= 0.6 is 0 Å². The van der Waals surface area contributed by atoms with Crippen LogP contribution in [-0.4, -0.2) is 33.3 Å². The molecule has 0 aliphatic carbocycles. The highest BCUT2D eigenvalue weighted by Crippen LogP contribution is 2.35. The van der Waals surface area contributed by atoms with Crippen molar-refractivity contribution in [3.05, 3.63) is 59.9 Å². The Labute approximate surface area is 178 Å². The molecule has 3 aromatic heterocycles. The second-order valence-electron chi connectivity index (χ2n) is 7.70. The fourth-order valence-corrected chi connectivity index (χ4v) is 4.23. The van der Waals surface area contributed by atoms with Gasteiger partial charge in [-0.05, 0) is 50.2 Å². The number of fused-ring (bicyclic) bond motifs is 1. The number of hydrogen-bond donors (Lipinski definition) is 3. The van der Waals surface area contributed by atoms with E-state index in [1.54, 1.807) is 12.3 Å². The number of pyridine rings is 2. The van der Waals surface area contributed by atoms with Gasteiger partial charge >= 0.3 is 0 Å². The molecule has 154 valence electrons. The monoisotopic (exact) mass is 413 g/mol. The molecule has 1 aliphatic rings. The molecule has 5 rings (SSSR count). The van der Waals surface area contributed by atoms with Crippen LogP contribution in [0.15, 0.2) is 42.9 Å². The smallest absolute Gasteiger partial charge is 0.132 e. The van der Waals surface area contributed by atoms with Crippen molar-refractivity contribution < 1.29 is 4.39 Å². The van der Waals surface area contributed by atoms with E-state index < -0.39 is 5.82 Å². The summed E-state index contributed by atoms with van der Waals surface area (Å²) < 4.78 is 14.2. The van der Waals surface area contributed by atoms with Crippen molar-refractivity contribution in [1.29, 1.82) is 5.26 Å². The lowest BCUT2D eigenvalue weighted by atomic mass is 9.90. The number of nitriles is 1. The molecule has 31 heavy (non-hydrogen) atoms. The summed E-state index contributed by atoms with van der Waals surface area (Å²) in [5.41, 5.74) is 10.7. The maximum atomic E-state index is 14.2. The molecule has 4 heterocycles. The fraction of sp³-hybridized carbons (Fsp3) is 0.217. The number of rotatable bonds is 3. The summed E-state index contributed by atoms with van der Waals surface area (Å²) in [5.74, 6) is 0.301. The van der Waals surface area contributed by atoms with E-state index in [0.717, 1.165) is 42.8 Å². The van der Waals surface area contributed by atoms with E-state index in [9.17, 15) is 9.65 Å². The van der Waals surface area contributed by atoms with E-state index in [0.29, 0.717) is 39.3 Å². The molecule has 1 fully saturated rings. The third-order valence-corrected chi connectivity index (χ3v) is 5.89. The molecule has 0 bridgehead atoms. The van der Waals surface area contributed by atoms with Crippen LogP contribution in [-0.2, 0) is 0 Å². The highest BCUT2D eigenvalue weighted by molar-refractivity contribution is 5.91. The van der Waals surface area contributed by atoms with Gasteiger partial charge in [0.2, 0.25) is 0 Å². The number of nitrogens with zero attached hydrogens (tertiary/aromatic N) is 4. The first-order valence-electron chi connectivity index (χ1n) is 10.1. The Bertz CT molecular complexity index is 1320. The van der Waals surface area contributed by atoms with Gasteiger partial charge in [0, 0.05) is 51.5 Å². The van der Waals surface area contributed by atoms with Gasteiger partial charge in [0.05, 0.1) is 23.5 Å². The van der Waals surface area contributed by atoms with Gasteiger partial charge in [-0.15, -0.1) is 0 Å². The molecule has 1 aromatic carbocycles. The van der Waals surface area contributed by atoms with E-state index in [4.69, 9.17) is 5.73 Å². The number of piperidine rings is 1. The Morgan fingerprint density at radius 1 is 1.03 bits per heavy atom. The number of aromatic amines is 1. The zero-order chi connectivity index (χ0) is 21.4. The van der Waals surface area contributed by atoms with Gasteiger partial charge in [-0.1, -0.05) is 0 Å². The van der Waals surface area contributed by atoms with Crippen molar-refractivity contribution in [3.8, 4) is 28.5 Å². The summed E-state index contributed by atoms with van der Waals surface area (Å²) in [6.07, 6.45) is 7.06. The number of nitrogens with two attached hydrogens (primary N) is 1. The van der Waals surface area contributed by atoms with Crippen molar-refractivity contribution in [2.75, 3.05) is 18.8 Å². The van der Waals surface area contributed by atoms with Crippen molar-refractivity contribution in [2.24, 2.45) is 0 Å². The van der Waals surface area contributed by atoms with Crippen LogP contribution < -0.4 is 11.1 Å². The number of nitrogen functional groups attached to an aromatic ring is 1. The Balaban J connectivity index is 1.61. The first kappa shape index (κ1) is 19.2. The molecule has 8 heteroatoms. The predicted octanol–water partition coefficient (Wildman–Crippen LogP) is 3.75. The Morgan fingerprint density at radius 3 is 2.68 bits per heavy atom. The molecular weight excluding hydrogens is 393 g/mol. The molecule has 1 aliphatic heterocycles. The average molecular weight is 413 g/mol. The van der Waals surface area contributed by atoms with Gasteiger partial charge in [0.25, 0.3) is 0 Å². The first-order valence-corrected chi connectivity index (χ1v) is 10.1. The zero-order valence-corrected chi connectivity index (χ0v) is 16.7. The van der Waals surface area contributed by atoms with E-state index in [1.165, 1.54) is 18.3 Å². The molecule has 4 N–H and O–H groups in total. The molecule has 0 saturated carbocycles. The number of H-pyrrole nitrogens is 1. The van der Waals surface area contributed by atoms with Crippen molar-refractivity contribution >= 4 is 16.6 Å². The van der Waals surface area contributed by atoms with Gasteiger partial charge in [-0.25, -0.2) is 9.37 Å². The Morgan fingerprint density at radius 2 is 1.87 bits per heavy atom. The van der Waals surface area contributed by atoms with E-state index in [2.05, 4.69) is 31.6 Å². The minimum absolute atomic E-state index is 0.300. The Hall–Kier alpha value is -3.83. The summed E-state index contributed by atoms with van der Waals surface area (Å²) in [5, 5.41) is 21.0. The number of anilines is 1. The predicted molar refractivity (Wildman–Crippen MR) is 116 cm³/mol.